The Morgan fingerprint density at radius 1 is 1.31 bits per heavy atom. The summed E-state index contributed by atoms with van der Waals surface area (Å²) < 4.78 is 4.97. The molecule has 5 nitrogen and oxygen atoms in total. The van der Waals surface area contributed by atoms with Gasteiger partial charge in [0, 0.05) is 4.88 Å². The Hall–Kier alpha value is -1.70. The van der Waals surface area contributed by atoms with Gasteiger partial charge in [-0.1, -0.05) is 6.07 Å². The number of quaternary nitrogens is 1. The molecule has 2 aromatic rings. The second-order valence-electron chi connectivity index (χ2n) is 6.49. The average Bonchev–Trinajstić information content (AvgIpc) is 3.27. The molecule has 1 unspecified atom stereocenters. The first-order chi connectivity index (χ1) is 12.6. The van der Waals surface area contributed by atoms with Crippen LogP contribution in [0.1, 0.15) is 45.4 Å². The minimum atomic E-state index is -0.349. The molecule has 140 valence electrons. The lowest BCUT2D eigenvalue weighted by Gasteiger charge is -2.16. The van der Waals surface area contributed by atoms with Gasteiger partial charge in [0.2, 0.25) is 0 Å². The first-order valence-corrected chi connectivity index (χ1v) is 10.7. The van der Waals surface area contributed by atoms with E-state index in [9.17, 15) is 9.59 Å². The van der Waals surface area contributed by atoms with Crippen LogP contribution in [0.15, 0.2) is 17.5 Å². The van der Waals surface area contributed by atoms with Crippen LogP contribution in [0.25, 0.3) is 0 Å². The fourth-order valence-corrected chi connectivity index (χ4v) is 5.41. The number of esters is 1. The number of likely N-dealkylation sites (N-methyl/N-ethyl adjacent to an activating group) is 1. The zero-order chi connectivity index (χ0) is 18.5. The standard InChI is InChI=1S/C19H24N2O3S2/c1-3-21(11-13-7-6-10-25-13)12-16(22)20-18-17(19(23)24-2)14-8-4-5-9-15(14)26-18/h6-7,10H,3-5,8-9,11-12H2,1-2H3,(H,20,22)/p+1. The molecule has 1 amide bonds. The van der Waals surface area contributed by atoms with E-state index in [2.05, 4.69) is 23.7 Å². The minimum Gasteiger partial charge on any atom is -0.465 e. The Labute approximate surface area is 162 Å². The molecule has 1 aliphatic carbocycles. The largest absolute Gasteiger partial charge is 0.465 e. The molecule has 0 saturated heterocycles. The number of aryl methyl sites for hydroxylation is 1. The highest BCUT2D eigenvalue weighted by Gasteiger charge is 2.27. The summed E-state index contributed by atoms with van der Waals surface area (Å²) in [5.41, 5.74) is 1.64. The summed E-state index contributed by atoms with van der Waals surface area (Å²) in [6.07, 6.45) is 4.08. The Morgan fingerprint density at radius 2 is 2.12 bits per heavy atom. The number of fused-ring (bicyclic) bond motifs is 1. The lowest BCUT2D eigenvalue weighted by atomic mass is 9.95. The van der Waals surface area contributed by atoms with Crippen LogP contribution in [0.3, 0.4) is 0 Å². The van der Waals surface area contributed by atoms with Crippen LogP contribution < -0.4 is 10.2 Å². The summed E-state index contributed by atoms with van der Waals surface area (Å²) in [6.45, 7) is 4.18. The maximum atomic E-state index is 12.6. The molecule has 3 rings (SSSR count). The highest BCUT2D eigenvalue weighted by molar-refractivity contribution is 7.17. The smallest absolute Gasteiger partial charge is 0.341 e. The van der Waals surface area contributed by atoms with Crippen molar-refractivity contribution in [3.05, 3.63) is 38.4 Å². The third kappa shape index (κ3) is 4.34. The highest BCUT2D eigenvalue weighted by Crippen LogP contribution is 2.38. The van der Waals surface area contributed by atoms with E-state index in [1.807, 2.05) is 6.07 Å². The zero-order valence-corrected chi connectivity index (χ0v) is 16.9. The molecular weight excluding hydrogens is 368 g/mol. The number of methoxy groups -OCH3 is 1. The van der Waals surface area contributed by atoms with Gasteiger partial charge in [-0.2, -0.15) is 0 Å². The fraction of sp³-hybridized carbons (Fsp3) is 0.474. The van der Waals surface area contributed by atoms with Crippen LogP contribution in [0.2, 0.25) is 0 Å². The Balaban J connectivity index is 1.72. The molecule has 2 N–H and O–H groups in total. The van der Waals surface area contributed by atoms with Crippen LogP contribution in [0.5, 0.6) is 0 Å². The molecule has 2 heterocycles. The molecule has 0 aliphatic heterocycles. The number of hydrogen-bond donors (Lipinski definition) is 2. The number of anilines is 1. The van der Waals surface area contributed by atoms with Crippen LogP contribution in [-0.4, -0.2) is 32.1 Å². The van der Waals surface area contributed by atoms with Crippen LogP contribution in [0.4, 0.5) is 5.00 Å². The number of carbonyl (C=O) groups excluding carboxylic acids is 2. The maximum Gasteiger partial charge on any atom is 0.341 e. The van der Waals surface area contributed by atoms with Gasteiger partial charge >= 0.3 is 5.97 Å². The molecule has 26 heavy (non-hydrogen) atoms. The van der Waals surface area contributed by atoms with E-state index in [1.54, 1.807) is 11.3 Å². The van der Waals surface area contributed by atoms with Gasteiger partial charge in [-0.3, -0.25) is 4.79 Å². The predicted molar refractivity (Wildman–Crippen MR) is 105 cm³/mol. The van der Waals surface area contributed by atoms with Gasteiger partial charge in [-0.05, 0) is 49.6 Å². The van der Waals surface area contributed by atoms with E-state index in [4.69, 9.17) is 4.74 Å². The lowest BCUT2D eigenvalue weighted by molar-refractivity contribution is -0.903. The van der Waals surface area contributed by atoms with Crippen molar-refractivity contribution in [2.45, 2.75) is 39.2 Å². The fourth-order valence-electron chi connectivity index (χ4n) is 3.34. The number of thiophene rings is 2. The van der Waals surface area contributed by atoms with Crippen molar-refractivity contribution in [1.82, 2.24) is 0 Å². The summed E-state index contributed by atoms with van der Waals surface area (Å²) in [5.74, 6) is -0.403. The molecule has 7 heteroatoms. The first-order valence-electron chi connectivity index (χ1n) is 9.01. The van der Waals surface area contributed by atoms with Gasteiger partial charge in [0.05, 0.1) is 24.1 Å². The van der Waals surface area contributed by atoms with E-state index < -0.39 is 0 Å². The average molecular weight is 394 g/mol. The lowest BCUT2D eigenvalue weighted by Crippen LogP contribution is -3.11. The predicted octanol–water partition coefficient (Wildman–Crippen LogP) is 2.52. The number of nitrogens with one attached hydrogen (secondary N) is 2. The second kappa shape index (κ2) is 8.79. The topological polar surface area (TPSA) is 59.8 Å². The molecule has 1 atom stereocenters. The quantitative estimate of drug-likeness (QED) is 0.711. The molecule has 1 aliphatic rings. The van der Waals surface area contributed by atoms with Gasteiger partial charge < -0.3 is 15.0 Å². The van der Waals surface area contributed by atoms with Crippen molar-refractivity contribution in [2.24, 2.45) is 0 Å². The highest BCUT2D eigenvalue weighted by atomic mass is 32.1. The van der Waals surface area contributed by atoms with Crippen molar-refractivity contribution in [2.75, 3.05) is 25.5 Å². The van der Waals surface area contributed by atoms with Crippen LogP contribution in [0, 0.1) is 0 Å². The third-order valence-corrected chi connectivity index (χ3v) is 6.81. The van der Waals surface area contributed by atoms with E-state index in [1.165, 1.54) is 33.1 Å². The van der Waals surface area contributed by atoms with Crippen molar-refractivity contribution < 1.29 is 19.2 Å². The Bertz CT molecular complexity index is 768. The number of rotatable bonds is 7. The van der Waals surface area contributed by atoms with Crippen molar-refractivity contribution >= 4 is 39.6 Å². The van der Waals surface area contributed by atoms with Gasteiger partial charge in [0.15, 0.2) is 6.54 Å². The molecule has 2 aromatic heterocycles. The SMILES string of the molecule is CC[NH+](CC(=O)Nc1sc2c(c1C(=O)OC)CCCC2)Cc1cccs1. The van der Waals surface area contributed by atoms with Crippen molar-refractivity contribution in [1.29, 1.82) is 0 Å². The van der Waals surface area contributed by atoms with Crippen LogP contribution >= 0.6 is 22.7 Å². The third-order valence-electron chi connectivity index (χ3n) is 4.73. The Kier molecular flexibility index (Phi) is 6.45. The number of carbonyl (C=O) groups is 2. The van der Waals surface area contributed by atoms with Crippen molar-refractivity contribution in [3.63, 3.8) is 0 Å². The molecule has 0 saturated carbocycles. The summed E-state index contributed by atoms with van der Waals surface area (Å²) in [6, 6.07) is 4.13. The van der Waals surface area contributed by atoms with E-state index >= 15 is 0 Å². The number of ether oxygens (including phenoxy) is 1. The van der Waals surface area contributed by atoms with Gasteiger partial charge in [0.25, 0.3) is 5.91 Å². The first kappa shape index (κ1) is 19.1. The zero-order valence-electron chi connectivity index (χ0n) is 15.2. The van der Waals surface area contributed by atoms with Crippen LogP contribution in [-0.2, 0) is 28.9 Å². The number of amides is 1. The van der Waals surface area contributed by atoms with Gasteiger partial charge in [-0.15, -0.1) is 22.7 Å². The molecule has 0 aromatic carbocycles. The molecule has 0 radical (unpaired) electrons. The monoisotopic (exact) mass is 393 g/mol. The molecular formula is C19H25N2O3S2+. The number of hydrogen-bond acceptors (Lipinski definition) is 5. The van der Waals surface area contributed by atoms with E-state index in [-0.39, 0.29) is 11.9 Å². The maximum absolute atomic E-state index is 12.6. The molecule has 0 spiro atoms. The normalized spacial score (nSPS) is 14.5. The van der Waals surface area contributed by atoms with Crippen molar-refractivity contribution in [3.8, 4) is 0 Å². The summed E-state index contributed by atoms with van der Waals surface area (Å²) in [7, 11) is 1.39. The van der Waals surface area contributed by atoms with E-state index in [0.717, 1.165) is 44.3 Å². The second-order valence-corrected chi connectivity index (χ2v) is 8.63. The van der Waals surface area contributed by atoms with Gasteiger partial charge in [0.1, 0.15) is 11.5 Å². The molecule has 0 bridgehead atoms. The minimum absolute atomic E-state index is 0.0536. The summed E-state index contributed by atoms with van der Waals surface area (Å²) >= 11 is 3.25. The summed E-state index contributed by atoms with van der Waals surface area (Å²) in [4.78, 5) is 28.6. The Morgan fingerprint density at radius 3 is 2.81 bits per heavy atom. The van der Waals surface area contributed by atoms with Gasteiger partial charge in [-0.25, -0.2) is 4.79 Å². The van der Waals surface area contributed by atoms with E-state index in [0.29, 0.717) is 17.1 Å². The molecule has 0 fully saturated rings. The summed E-state index contributed by atoms with van der Waals surface area (Å²) in [5, 5.41) is 5.70.